The zero-order valence-corrected chi connectivity index (χ0v) is 14.6. The predicted octanol–water partition coefficient (Wildman–Crippen LogP) is 4.57. The number of fused-ring (bicyclic) bond motifs is 1. The van der Waals surface area contributed by atoms with Crippen molar-refractivity contribution in [1.29, 1.82) is 0 Å². The zero-order chi connectivity index (χ0) is 17.6. The molecule has 3 rings (SSSR count). The van der Waals surface area contributed by atoms with E-state index < -0.39 is 0 Å². The van der Waals surface area contributed by atoms with Crippen LogP contribution < -0.4 is 4.74 Å². The lowest BCUT2D eigenvalue weighted by atomic mass is 10.1. The fourth-order valence-electron chi connectivity index (χ4n) is 2.51. The molecule has 25 heavy (non-hydrogen) atoms. The van der Waals surface area contributed by atoms with Gasteiger partial charge in [-0.25, -0.2) is 0 Å². The van der Waals surface area contributed by atoms with Crippen LogP contribution >= 0.6 is 11.6 Å². The number of nitrogens with zero attached hydrogens (tertiary/aromatic N) is 1. The molecular formula is C20H18ClNO3. The minimum atomic E-state index is -0.245. The molecule has 0 fully saturated rings. The van der Waals surface area contributed by atoms with Crippen LogP contribution in [0.5, 0.6) is 5.75 Å². The Labute approximate surface area is 151 Å². The summed E-state index contributed by atoms with van der Waals surface area (Å²) in [7, 11) is 0. The Morgan fingerprint density at radius 1 is 1.12 bits per heavy atom. The molecule has 0 spiro atoms. The van der Waals surface area contributed by atoms with Gasteiger partial charge >= 0.3 is 5.97 Å². The van der Waals surface area contributed by atoms with Gasteiger partial charge in [-0.2, -0.15) is 0 Å². The Balaban J connectivity index is 1.71. The molecule has 0 atom stereocenters. The molecule has 0 unspecified atom stereocenters. The number of pyridine rings is 1. The van der Waals surface area contributed by atoms with Gasteiger partial charge in [-0.15, -0.1) is 0 Å². The Morgan fingerprint density at radius 3 is 2.80 bits per heavy atom. The molecular weight excluding hydrogens is 338 g/mol. The third-order valence-electron chi connectivity index (χ3n) is 3.66. The molecule has 3 aromatic rings. The van der Waals surface area contributed by atoms with Crippen molar-refractivity contribution in [1.82, 2.24) is 4.98 Å². The zero-order valence-electron chi connectivity index (χ0n) is 13.9. The van der Waals surface area contributed by atoms with Crippen molar-refractivity contribution >= 4 is 28.5 Å². The van der Waals surface area contributed by atoms with Crippen molar-refractivity contribution < 1.29 is 14.3 Å². The Hall–Kier alpha value is -2.59. The molecule has 0 radical (unpaired) electrons. The monoisotopic (exact) mass is 355 g/mol. The highest BCUT2D eigenvalue weighted by Crippen LogP contribution is 2.22. The lowest BCUT2D eigenvalue weighted by Crippen LogP contribution is -2.07. The first-order valence-corrected chi connectivity index (χ1v) is 8.43. The summed E-state index contributed by atoms with van der Waals surface area (Å²) in [5.74, 6) is 0.489. The number of halogens is 1. The number of carbonyl (C=O) groups excluding carboxylic acids is 1. The smallest absolute Gasteiger partial charge is 0.310 e. The first kappa shape index (κ1) is 17.2. The van der Waals surface area contributed by atoms with Crippen LogP contribution in [0.2, 0.25) is 5.02 Å². The van der Waals surface area contributed by atoms with Crippen LogP contribution in [0.25, 0.3) is 10.9 Å². The molecule has 4 nitrogen and oxygen atoms in total. The third kappa shape index (κ3) is 4.70. The second kappa shape index (κ2) is 7.99. The molecule has 0 aliphatic carbocycles. The molecule has 0 saturated heterocycles. The molecule has 0 N–H and O–H groups in total. The topological polar surface area (TPSA) is 48.4 Å². The largest absolute Gasteiger partial charge is 0.489 e. The summed E-state index contributed by atoms with van der Waals surface area (Å²) in [6.45, 7) is 2.61. The van der Waals surface area contributed by atoms with Crippen molar-refractivity contribution in [2.45, 2.75) is 20.0 Å². The van der Waals surface area contributed by atoms with Gasteiger partial charge < -0.3 is 9.47 Å². The standard InChI is InChI=1S/C20H18ClNO3/c1-2-24-20(23)10-15-8-16-6-7-18(11-19(16)22-12-15)25-13-14-4-3-5-17(21)9-14/h3-9,11-12H,2,10,13H2,1H3. The molecule has 1 heterocycles. The average molecular weight is 356 g/mol. The van der Waals surface area contributed by atoms with E-state index in [1.807, 2.05) is 48.5 Å². The quantitative estimate of drug-likeness (QED) is 0.607. The molecule has 0 bridgehead atoms. The summed E-state index contributed by atoms with van der Waals surface area (Å²) in [6, 6.07) is 15.2. The highest BCUT2D eigenvalue weighted by atomic mass is 35.5. The molecule has 0 aliphatic rings. The molecule has 0 amide bonds. The number of ether oxygens (including phenoxy) is 2. The summed E-state index contributed by atoms with van der Waals surface area (Å²) in [5, 5.41) is 1.65. The van der Waals surface area contributed by atoms with Crippen LogP contribution in [-0.2, 0) is 22.6 Å². The summed E-state index contributed by atoms with van der Waals surface area (Å²) < 4.78 is 10.8. The summed E-state index contributed by atoms with van der Waals surface area (Å²) in [6.07, 6.45) is 1.92. The SMILES string of the molecule is CCOC(=O)Cc1cnc2cc(OCc3cccc(Cl)c3)ccc2c1. The second-order valence-corrected chi connectivity index (χ2v) is 6.03. The Morgan fingerprint density at radius 2 is 2.00 bits per heavy atom. The molecule has 0 aliphatic heterocycles. The van der Waals surface area contributed by atoms with E-state index in [1.165, 1.54) is 0 Å². The van der Waals surface area contributed by atoms with Crippen molar-refractivity contribution in [3.63, 3.8) is 0 Å². The van der Waals surface area contributed by atoms with E-state index in [4.69, 9.17) is 21.1 Å². The summed E-state index contributed by atoms with van der Waals surface area (Å²) in [4.78, 5) is 16.0. The van der Waals surface area contributed by atoms with Gasteiger partial charge in [0.2, 0.25) is 0 Å². The van der Waals surface area contributed by atoms with Crippen LogP contribution in [0, 0.1) is 0 Å². The number of hydrogen-bond acceptors (Lipinski definition) is 4. The highest BCUT2D eigenvalue weighted by Gasteiger charge is 2.06. The van der Waals surface area contributed by atoms with Gasteiger partial charge in [0.15, 0.2) is 0 Å². The van der Waals surface area contributed by atoms with E-state index in [-0.39, 0.29) is 12.4 Å². The molecule has 5 heteroatoms. The molecule has 0 saturated carbocycles. The summed E-state index contributed by atoms with van der Waals surface area (Å²) >= 11 is 5.98. The molecule has 1 aromatic heterocycles. The van der Waals surface area contributed by atoms with E-state index in [2.05, 4.69) is 4.98 Å². The third-order valence-corrected chi connectivity index (χ3v) is 3.90. The first-order chi connectivity index (χ1) is 12.1. The van der Waals surface area contributed by atoms with Crippen LogP contribution in [-0.4, -0.2) is 17.6 Å². The fraction of sp³-hybridized carbons (Fsp3) is 0.200. The number of benzene rings is 2. The maximum atomic E-state index is 11.6. The van der Waals surface area contributed by atoms with Gasteiger partial charge in [0.25, 0.3) is 0 Å². The van der Waals surface area contributed by atoms with Crippen molar-refractivity contribution in [3.05, 3.63) is 70.9 Å². The Bertz CT molecular complexity index is 895. The van der Waals surface area contributed by atoms with E-state index in [0.29, 0.717) is 18.2 Å². The lowest BCUT2D eigenvalue weighted by molar-refractivity contribution is -0.142. The van der Waals surface area contributed by atoms with Crippen molar-refractivity contribution in [3.8, 4) is 5.75 Å². The van der Waals surface area contributed by atoms with Gasteiger partial charge in [0.1, 0.15) is 12.4 Å². The number of aromatic nitrogens is 1. The minimum Gasteiger partial charge on any atom is -0.489 e. The number of esters is 1. The van der Waals surface area contributed by atoms with E-state index >= 15 is 0 Å². The molecule has 2 aromatic carbocycles. The highest BCUT2D eigenvalue weighted by molar-refractivity contribution is 6.30. The maximum Gasteiger partial charge on any atom is 0.310 e. The van der Waals surface area contributed by atoms with Crippen LogP contribution in [0.4, 0.5) is 0 Å². The maximum absolute atomic E-state index is 11.6. The average Bonchev–Trinajstić information content (AvgIpc) is 2.60. The van der Waals surface area contributed by atoms with Gasteiger partial charge in [-0.05, 0) is 48.4 Å². The number of hydrogen-bond donors (Lipinski definition) is 0. The van der Waals surface area contributed by atoms with Crippen LogP contribution in [0.1, 0.15) is 18.1 Å². The summed E-state index contributed by atoms with van der Waals surface area (Å²) in [5.41, 5.74) is 2.65. The minimum absolute atomic E-state index is 0.226. The lowest BCUT2D eigenvalue weighted by Gasteiger charge is -2.08. The number of rotatable bonds is 6. The van der Waals surface area contributed by atoms with Gasteiger partial charge in [-0.3, -0.25) is 9.78 Å². The van der Waals surface area contributed by atoms with Gasteiger partial charge in [-0.1, -0.05) is 23.7 Å². The number of carbonyl (C=O) groups is 1. The fourth-order valence-corrected chi connectivity index (χ4v) is 2.72. The first-order valence-electron chi connectivity index (χ1n) is 8.05. The van der Waals surface area contributed by atoms with Crippen molar-refractivity contribution in [2.24, 2.45) is 0 Å². The van der Waals surface area contributed by atoms with Gasteiger partial charge in [0.05, 0.1) is 18.5 Å². The normalized spacial score (nSPS) is 10.6. The Kier molecular flexibility index (Phi) is 5.51. The second-order valence-electron chi connectivity index (χ2n) is 5.60. The van der Waals surface area contributed by atoms with Gasteiger partial charge in [0, 0.05) is 22.7 Å². The molecule has 128 valence electrons. The van der Waals surface area contributed by atoms with Crippen LogP contribution in [0.3, 0.4) is 0 Å². The van der Waals surface area contributed by atoms with E-state index in [0.717, 1.165) is 27.8 Å². The van der Waals surface area contributed by atoms with Crippen molar-refractivity contribution in [2.75, 3.05) is 6.61 Å². The van der Waals surface area contributed by atoms with E-state index in [9.17, 15) is 4.79 Å². The van der Waals surface area contributed by atoms with E-state index in [1.54, 1.807) is 13.1 Å². The van der Waals surface area contributed by atoms with Crippen LogP contribution in [0.15, 0.2) is 54.7 Å². The predicted molar refractivity (Wildman–Crippen MR) is 97.9 cm³/mol.